The van der Waals surface area contributed by atoms with E-state index in [4.69, 9.17) is 5.73 Å². The Morgan fingerprint density at radius 1 is 1.35 bits per heavy atom. The molecule has 4 nitrogen and oxygen atoms in total. The maximum Gasteiger partial charge on any atom is 0.270 e. The Morgan fingerprint density at radius 2 is 2.06 bits per heavy atom. The number of nitrogens with one attached hydrogen (secondary N) is 1. The van der Waals surface area contributed by atoms with Gasteiger partial charge in [0.1, 0.15) is 0 Å². The molecule has 1 aromatic heterocycles. The number of aromatic nitrogens is 2. The minimum atomic E-state index is 0.00806. The van der Waals surface area contributed by atoms with Crippen LogP contribution in [0, 0.1) is 6.92 Å². The predicted octanol–water partition coefficient (Wildman–Crippen LogP) is 1.19. The van der Waals surface area contributed by atoms with E-state index in [9.17, 15) is 4.79 Å². The minimum absolute atomic E-state index is 0.00806. The van der Waals surface area contributed by atoms with Crippen molar-refractivity contribution in [2.75, 3.05) is 6.54 Å². The number of hydrogen-bond acceptors (Lipinski definition) is 2. The van der Waals surface area contributed by atoms with Gasteiger partial charge in [0.15, 0.2) is 0 Å². The van der Waals surface area contributed by atoms with Gasteiger partial charge in [0.25, 0.3) is 5.56 Å². The van der Waals surface area contributed by atoms with E-state index in [-0.39, 0.29) is 5.56 Å². The van der Waals surface area contributed by atoms with Crippen LogP contribution in [0.15, 0.2) is 29.1 Å². The first-order valence-corrected chi connectivity index (χ1v) is 5.69. The van der Waals surface area contributed by atoms with Gasteiger partial charge in [-0.1, -0.05) is 24.3 Å². The first kappa shape index (κ1) is 11.7. The van der Waals surface area contributed by atoms with Crippen molar-refractivity contribution in [2.45, 2.75) is 13.3 Å². The van der Waals surface area contributed by atoms with E-state index in [1.54, 1.807) is 7.05 Å². The van der Waals surface area contributed by atoms with Crippen molar-refractivity contribution in [3.63, 3.8) is 0 Å². The average Bonchev–Trinajstić information content (AvgIpc) is 2.58. The molecule has 0 radical (unpaired) electrons. The minimum Gasteiger partial charge on any atom is -0.330 e. The van der Waals surface area contributed by atoms with Gasteiger partial charge in [-0.15, -0.1) is 0 Å². The van der Waals surface area contributed by atoms with Crippen LogP contribution in [0.3, 0.4) is 0 Å². The van der Waals surface area contributed by atoms with Crippen molar-refractivity contribution < 1.29 is 0 Å². The molecule has 1 aromatic carbocycles. The van der Waals surface area contributed by atoms with Crippen molar-refractivity contribution in [3.8, 4) is 11.3 Å². The maximum absolute atomic E-state index is 11.9. The fraction of sp³-hybridized carbons (Fsp3) is 0.308. The number of nitrogens with zero attached hydrogens (tertiary/aromatic N) is 1. The van der Waals surface area contributed by atoms with Crippen LogP contribution in [-0.4, -0.2) is 16.3 Å². The summed E-state index contributed by atoms with van der Waals surface area (Å²) in [6.45, 7) is 2.51. The molecule has 1 heterocycles. The quantitative estimate of drug-likeness (QED) is 0.833. The second-order valence-corrected chi connectivity index (χ2v) is 4.18. The molecule has 0 bridgehead atoms. The molecule has 0 saturated heterocycles. The molecule has 2 aromatic rings. The average molecular weight is 231 g/mol. The van der Waals surface area contributed by atoms with Crippen molar-refractivity contribution in [3.05, 3.63) is 45.7 Å². The molecule has 0 fully saturated rings. The zero-order valence-corrected chi connectivity index (χ0v) is 10.2. The van der Waals surface area contributed by atoms with Gasteiger partial charge in [-0.2, -0.15) is 0 Å². The third-order valence-corrected chi connectivity index (χ3v) is 2.95. The van der Waals surface area contributed by atoms with Crippen LogP contribution in [0.1, 0.15) is 11.1 Å². The fourth-order valence-electron chi connectivity index (χ4n) is 2.05. The molecule has 0 aliphatic carbocycles. The number of aromatic amines is 1. The van der Waals surface area contributed by atoms with Gasteiger partial charge in [0.2, 0.25) is 0 Å². The van der Waals surface area contributed by atoms with E-state index < -0.39 is 0 Å². The van der Waals surface area contributed by atoms with Gasteiger partial charge in [0, 0.05) is 18.2 Å². The van der Waals surface area contributed by atoms with Gasteiger partial charge in [-0.3, -0.25) is 14.6 Å². The lowest BCUT2D eigenvalue weighted by molar-refractivity contribution is 0.739. The highest BCUT2D eigenvalue weighted by molar-refractivity contribution is 5.66. The molecule has 2 rings (SSSR count). The van der Waals surface area contributed by atoms with E-state index >= 15 is 0 Å². The number of nitrogens with two attached hydrogens (primary N) is 1. The van der Waals surface area contributed by atoms with Gasteiger partial charge in [-0.25, -0.2) is 0 Å². The molecule has 0 amide bonds. The summed E-state index contributed by atoms with van der Waals surface area (Å²) in [5.41, 5.74) is 9.44. The molecular weight excluding hydrogens is 214 g/mol. The van der Waals surface area contributed by atoms with Crippen LogP contribution in [0.25, 0.3) is 11.3 Å². The summed E-state index contributed by atoms with van der Waals surface area (Å²) >= 11 is 0. The smallest absolute Gasteiger partial charge is 0.270 e. The predicted molar refractivity (Wildman–Crippen MR) is 69.0 cm³/mol. The lowest BCUT2D eigenvalue weighted by Gasteiger charge is -2.05. The number of benzene rings is 1. The lowest BCUT2D eigenvalue weighted by atomic mass is 10.0. The molecule has 0 aliphatic heterocycles. The number of aryl methyl sites for hydroxylation is 2. The zero-order chi connectivity index (χ0) is 12.4. The van der Waals surface area contributed by atoms with Gasteiger partial charge in [0.05, 0.1) is 5.69 Å². The number of H-pyrrole nitrogens is 1. The summed E-state index contributed by atoms with van der Waals surface area (Å²) in [6, 6.07) is 8.01. The second kappa shape index (κ2) is 4.59. The Hall–Kier alpha value is -1.81. The van der Waals surface area contributed by atoms with E-state index in [0.29, 0.717) is 13.0 Å². The van der Waals surface area contributed by atoms with Crippen LogP contribution >= 0.6 is 0 Å². The lowest BCUT2D eigenvalue weighted by Crippen LogP contribution is -2.17. The Kier molecular flexibility index (Phi) is 3.15. The molecule has 0 saturated carbocycles. The van der Waals surface area contributed by atoms with Gasteiger partial charge < -0.3 is 5.73 Å². The van der Waals surface area contributed by atoms with Gasteiger partial charge in [-0.05, 0) is 25.5 Å². The first-order valence-electron chi connectivity index (χ1n) is 5.69. The van der Waals surface area contributed by atoms with Crippen LogP contribution in [0.2, 0.25) is 0 Å². The Labute approximate surface area is 100 Å². The summed E-state index contributed by atoms with van der Waals surface area (Å²) in [6.07, 6.45) is 0.597. The third-order valence-electron chi connectivity index (χ3n) is 2.95. The van der Waals surface area contributed by atoms with Crippen molar-refractivity contribution >= 4 is 0 Å². The van der Waals surface area contributed by atoms with Crippen LogP contribution in [-0.2, 0) is 13.5 Å². The third kappa shape index (κ3) is 2.03. The standard InChI is InChI=1S/C13H17N3O/c1-9-5-3-4-6-10(9)12-11(7-8-14)13(17)16(2)15-12/h3-6,15H,7-8,14H2,1-2H3. The van der Waals surface area contributed by atoms with Crippen molar-refractivity contribution in [2.24, 2.45) is 12.8 Å². The fourth-order valence-corrected chi connectivity index (χ4v) is 2.05. The van der Waals surface area contributed by atoms with Crippen molar-refractivity contribution in [1.82, 2.24) is 9.78 Å². The van der Waals surface area contributed by atoms with Gasteiger partial charge >= 0.3 is 0 Å². The monoisotopic (exact) mass is 231 g/mol. The molecule has 0 unspecified atom stereocenters. The highest BCUT2D eigenvalue weighted by Gasteiger charge is 2.14. The molecule has 4 heteroatoms. The largest absolute Gasteiger partial charge is 0.330 e. The summed E-state index contributed by atoms with van der Waals surface area (Å²) in [5.74, 6) is 0. The summed E-state index contributed by atoms with van der Waals surface area (Å²) in [5, 5.41) is 3.10. The highest BCUT2D eigenvalue weighted by atomic mass is 16.1. The van der Waals surface area contributed by atoms with E-state index in [0.717, 1.165) is 22.4 Å². The number of hydrogen-bond donors (Lipinski definition) is 2. The first-order chi connectivity index (χ1) is 8.15. The van der Waals surface area contributed by atoms with E-state index in [1.165, 1.54) is 4.68 Å². The molecule has 3 N–H and O–H groups in total. The zero-order valence-electron chi connectivity index (χ0n) is 10.2. The normalized spacial score (nSPS) is 10.8. The SMILES string of the molecule is Cc1ccccc1-c1[nH]n(C)c(=O)c1CCN. The summed E-state index contributed by atoms with van der Waals surface area (Å²) in [7, 11) is 1.73. The second-order valence-electron chi connectivity index (χ2n) is 4.18. The molecule has 0 atom stereocenters. The summed E-state index contributed by atoms with van der Waals surface area (Å²) in [4.78, 5) is 11.9. The number of rotatable bonds is 3. The Morgan fingerprint density at radius 3 is 2.71 bits per heavy atom. The molecular formula is C13H17N3O. The van der Waals surface area contributed by atoms with E-state index in [1.807, 2.05) is 31.2 Å². The van der Waals surface area contributed by atoms with Crippen LogP contribution in [0.4, 0.5) is 0 Å². The van der Waals surface area contributed by atoms with E-state index in [2.05, 4.69) is 5.10 Å². The molecule has 17 heavy (non-hydrogen) atoms. The summed E-state index contributed by atoms with van der Waals surface area (Å²) < 4.78 is 1.51. The topological polar surface area (TPSA) is 63.8 Å². The maximum atomic E-state index is 11.9. The molecule has 90 valence electrons. The molecule has 0 aliphatic rings. The molecule has 0 spiro atoms. The van der Waals surface area contributed by atoms with Crippen LogP contribution in [0.5, 0.6) is 0 Å². The van der Waals surface area contributed by atoms with Crippen molar-refractivity contribution in [1.29, 1.82) is 0 Å². The Balaban J connectivity index is 2.63. The van der Waals surface area contributed by atoms with Crippen LogP contribution < -0.4 is 11.3 Å². The highest BCUT2D eigenvalue weighted by Crippen LogP contribution is 2.23. The Bertz CT molecular complexity index is 581.